The summed E-state index contributed by atoms with van der Waals surface area (Å²) >= 11 is 2.47. The first-order valence-electron chi connectivity index (χ1n) is 10.2. The molecule has 1 saturated heterocycles. The van der Waals surface area contributed by atoms with Gasteiger partial charge in [0.05, 0.1) is 28.7 Å². The van der Waals surface area contributed by atoms with Crippen molar-refractivity contribution in [2.24, 2.45) is 0 Å². The van der Waals surface area contributed by atoms with Crippen LogP contribution in [0, 0.1) is 24.0 Å². The van der Waals surface area contributed by atoms with Crippen molar-refractivity contribution in [1.82, 2.24) is 9.88 Å². The highest BCUT2D eigenvalue weighted by Crippen LogP contribution is 2.38. The number of fused-ring (bicyclic) bond motifs is 1. The third-order valence-electron chi connectivity index (χ3n) is 5.36. The Labute approximate surface area is 198 Å². The molecule has 0 unspecified atom stereocenters. The summed E-state index contributed by atoms with van der Waals surface area (Å²) in [5.41, 5.74) is 2.09. The van der Waals surface area contributed by atoms with Crippen molar-refractivity contribution in [1.29, 1.82) is 0 Å². The van der Waals surface area contributed by atoms with E-state index >= 15 is 0 Å². The SMILES string of the molecule is CSc1ccc(C(=O)Nc2c(C(=O)N3CCOCC3)sc3nc(C)cc(C)c23)cc1[N+](=O)[O-]. The summed E-state index contributed by atoms with van der Waals surface area (Å²) in [6, 6.07) is 6.25. The van der Waals surface area contributed by atoms with Gasteiger partial charge in [-0.25, -0.2) is 4.98 Å². The molecule has 0 saturated carbocycles. The van der Waals surface area contributed by atoms with E-state index < -0.39 is 10.8 Å². The van der Waals surface area contributed by atoms with Crippen LogP contribution in [-0.2, 0) is 4.74 Å². The minimum Gasteiger partial charge on any atom is -0.378 e. The number of ether oxygens (including phenoxy) is 1. The predicted octanol–water partition coefficient (Wildman–Crippen LogP) is 4.27. The fraction of sp³-hybridized carbons (Fsp3) is 0.318. The van der Waals surface area contributed by atoms with E-state index in [0.29, 0.717) is 52.0 Å². The lowest BCUT2D eigenvalue weighted by Crippen LogP contribution is -2.40. The Hall–Kier alpha value is -3.02. The van der Waals surface area contributed by atoms with Gasteiger partial charge in [0, 0.05) is 35.8 Å². The van der Waals surface area contributed by atoms with E-state index in [1.165, 1.54) is 29.2 Å². The Morgan fingerprint density at radius 3 is 2.64 bits per heavy atom. The molecule has 9 nitrogen and oxygen atoms in total. The van der Waals surface area contributed by atoms with E-state index in [-0.39, 0.29) is 17.2 Å². The molecule has 1 fully saturated rings. The van der Waals surface area contributed by atoms with Gasteiger partial charge in [-0.1, -0.05) is 0 Å². The first-order chi connectivity index (χ1) is 15.8. The predicted molar refractivity (Wildman–Crippen MR) is 129 cm³/mol. The van der Waals surface area contributed by atoms with Crippen LogP contribution < -0.4 is 5.32 Å². The normalized spacial score (nSPS) is 13.8. The molecule has 2 aromatic heterocycles. The molecule has 2 amide bonds. The molecule has 172 valence electrons. The van der Waals surface area contributed by atoms with Crippen molar-refractivity contribution in [3.05, 3.63) is 56.1 Å². The minimum atomic E-state index is -0.526. The molecule has 1 aliphatic heterocycles. The number of carbonyl (C=O) groups excluding carboxylic acids is 2. The Morgan fingerprint density at radius 1 is 1.24 bits per heavy atom. The number of hydrogen-bond donors (Lipinski definition) is 1. The van der Waals surface area contributed by atoms with E-state index in [2.05, 4.69) is 10.3 Å². The van der Waals surface area contributed by atoms with Gasteiger partial charge in [-0.05, 0) is 43.9 Å². The number of benzene rings is 1. The van der Waals surface area contributed by atoms with Crippen LogP contribution in [0.15, 0.2) is 29.2 Å². The van der Waals surface area contributed by atoms with Crippen LogP contribution in [-0.4, -0.2) is 59.2 Å². The van der Waals surface area contributed by atoms with Crippen LogP contribution in [0.25, 0.3) is 10.2 Å². The molecule has 0 atom stereocenters. The standard InChI is InChI=1S/C22H22N4O5S2/c1-12-10-13(2)23-21-17(12)18(19(33-21)22(28)25-6-8-31-9-7-25)24-20(27)14-4-5-16(32-3)15(11-14)26(29)30/h4-5,10-11H,6-9H2,1-3H3,(H,24,27). The van der Waals surface area contributed by atoms with Crippen LogP contribution in [0.3, 0.4) is 0 Å². The van der Waals surface area contributed by atoms with E-state index in [1.54, 1.807) is 23.3 Å². The van der Waals surface area contributed by atoms with Gasteiger partial charge in [-0.2, -0.15) is 0 Å². The number of aromatic nitrogens is 1. The van der Waals surface area contributed by atoms with Crippen molar-refractivity contribution in [2.75, 3.05) is 37.9 Å². The van der Waals surface area contributed by atoms with Crippen molar-refractivity contribution in [2.45, 2.75) is 18.7 Å². The van der Waals surface area contributed by atoms with Gasteiger partial charge >= 0.3 is 0 Å². The second-order valence-electron chi connectivity index (χ2n) is 7.57. The van der Waals surface area contributed by atoms with Gasteiger partial charge in [0.1, 0.15) is 9.71 Å². The molecule has 0 radical (unpaired) electrons. The van der Waals surface area contributed by atoms with Crippen LogP contribution >= 0.6 is 23.1 Å². The summed E-state index contributed by atoms with van der Waals surface area (Å²) in [7, 11) is 0. The lowest BCUT2D eigenvalue weighted by atomic mass is 10.1. The number of nitrogens with zero attached hydrogens (tertiary/aromatic N) is 3. The number of nitrogens with one attached hydrogen (secondary N) is 1. The zero-order valence-electron chi connectivity index (χ0n) is 18.3. The molecule has 1 N–H and O–H groups in total. The molecule has 0 aliphatic carbocycles. The van der Waals surface area contributed by atoms with E-state index in [0.717, 1.165) is 11.3 Å². The molecule has 0 spiro atoms. The number of amides is 2. The molecule has 4 rings (SSSR count). The van der Waals surface area contributed by atoms with Gasteiger partial charge in [0.2, 0.25) is 0 Å². The number of rotatable bonds is 5. The zero-order chi connectivity index (χ0) is 23.7. The lowest BCUT2D eigenvalue weighted by Gasteiger charge is -2.26. The monoisotopic (exact) mass is 486 g/mol. The third kappa shape index (κ3) is 4.56. The van der Waals surface area contributed by atoms with Gasteiger partial charge in [-0.3, -0.25) is 19.7 Å². The van der Waals surface area contributed by atoms with Crippen molar-refractivity contribution in [3.63, 3.8) is 0 Å². The number of hydrogen-bond acceptors (Lipinski definition) is 8. The molecule has 33 heavy (non-hydrogen) atoms. The van der Waals surface area contributed by atoms with Gasteiger partial charge < -0.3 is 15.0 Å². The van der Waals surface area contributed by atoms with Gasteiger partial charge in [0.25, 0.3) is 17.5 Å². The highest BCUT2D eigenvalue weighted by Gasteiger charge is 2.28. The Kier molecular flexibility index (Phi) is 6.63. The van der Waals surface area contributed by atoms with E-state index in [1.807, 2.05) is 19.9 Å². The lowest BCUT2D eigenvalue weighted by molar-refractivity contribution is -0.387. The number of morpholine rings is 1. The van der Waals surface area contributed by atoms with Crippen LogP contribution in [0.4, 0.5) is 11.4 Å². The summed E-state index contributed by atoms with van der Waals surface area (Å²) in [6.45, 7) is 5.63. The number of anilines is 1. The number of pyridine rings is 1. The quantitative estimate of drug-likeness (QED) is 0.325. The second kappa shape index (κ2) is 9.46. The fourth-order valence-electron chi connectivity index (χ4n) is 3.78. The largest absolute Gasteiger partial charge is 0.378 e. The van der Waals surface area contributed by atoms with Gasteiger partial charge in [0.15, 0.2) is 0 Å². The molecule has 0 bridgehead atoms. The van der Waals surface area contributed by atoms with E-state index in [4.69, 9.17) is 4.74 Å². The Balaban J connectivity index is 1.77. The van der Waals surface area contributed by atoms with Crippen molar-refractivity contribution >= 4 is 56.5 Å². The molecule has 1 aromatic carbocycles. The third-order valence-corrected chi connectivity index (χ3v) is 7.21. The number of thiophene rings is 1. The first kappa shape index (κ1) is 23.1. The van der Waals surface area contributed by atoms with Gasteiger partial charge in [-0.15, -0.1) is 23.1 Å². The molecule has 3 heterocycles. The number of carbonyl (C=O) groups is 2. The maximum atomic E-state index is 13.3. The average molecular weight is 487 g/mol. The van der Waals surface area contributed by atoms with Crippen LogP contribution in [0.1, 0.15) is 31.3 Å². The summed E-state index contributed by atoms with van der Waals surface area (Å²) < 4.78 is 5.35. The highest BCUT2D eigenvalue weighted by molar-refractivity contribution is 7.98. The zero-order valence-corrected chi connectivity index (χ0v) is 20.0. The smallest absolute Gasteiger partial charge is 0.283 e. The van der Waals surface area contributed by atoms with Crippen molar-refractivity contribution in [3.8, 4) is 0 Å². The van der Waals surface area contributed by atoms with Crippen LogP contribution in [0.5, 0.6) is 0 Å². The summed E-state index contributed by atoms with van der Waals surface area (Å²) in [5.74, 6) is -0.723. The highest BCUT2D eigenvalue weighted by atomic mass is 32.2. The summed E-state index contributed by atoms with van der Waals surface area (Å²) in [4.78, 5) is 45.2. The number of nitro groups is 1. The Bertz CT molecular complexity index is 1270. The number of aryl methyl sites for hydroxylation is 2. The first-order valence-corrected chi connectivity index (χ1v) is 12.3. The van der Waals surface area contributed by atoms with Crippen LogP contribution in [0.2, 0.25) is 0 Å². The maximum Gasteiger partial charge on any atom is 0.283 e. The second-order valence-corrected chi connectivity index (χ2v) is 9.42. The molecular formula is C22H22N4O5S2. The Morgan fingerprint density at radius 2 is 1.97 bits per heavy atom. The summed E-state index contributed by atoms with van der Waals surface area (Å²) in [5, 5.41) is 15.0. The molecule has 1 aliphatic rings. The van der Waals surface area contributed by atoms with E-state index in [9.17, 15) is 19.7 Å². The molecule has 11 heteroatoms. The fourth-order valence-corrected chi connectivity index (χ4v) is 5.55. The summed E-state index contributed by atoms with van der Waals surface area (Å²) in [6.07, 6.45) is 1.74. The minimum absolute atomic E-state index is 0.136. The number of nitro benzene ring substituents is 1. The topological polar surface area (TPSA) is 115 Å². The maximum absolute atomic E-state index is 13.3. The molecule has 3 aromatic rings. The average Bonchev–Trinajstić information content (AvgIpc) is 3.16. The van der Waals surface area contributed by atoms with Crippen molar-refractivity contribution < 1.29 is 19.2 Å². The number of thioether (sulfide) groups is 1. The molecular weight excluding hydrogens is 464 g/mol.